The largest absolute Gasteiger partial charge is 2.00 e. The van der Waals surface area contributed by atoms with Crippen LogP contribution in [0, 0.1) is 11.8 Å². The van der Waals surface area contributed by atoms with Gasteiger partial charge in [-0.15, -0.1) is 22.7 Å². The predicted octanol–water partition coefficient (Wildman–Crippen LogP) is 14.0. The molecule has 7 aromatic heterocycles. The number of thiophene rings is 2. The zero-order valence-corrected chi connectivity index (χ0v) is 43.5. The number of hydrogen-bond donors (Lipinski definition) is 0. The number of aromatic nitrogens is 6. The first-order valence-corrected chi connectivity index (χ1v) is 25.1. The van der Waals surface area contributed by atoms with Crippen molar-refractivity contribution in [1.29, 1.82) is 0 Å². The fraction of sp³-hybridized carbons (Fsp3) is 0.321. The van der Waals surface area contributed by atoms with Crippen LogP contribution >= 0.6 is 34.9 Å². The Morgan fingerprint density at radius 1 is 0.690 bits per heavy atom. The van der Waals surface area contributed by atoms with E-state index in [1.165, 1.54) is 93.1 Å². The van der Waals surface area contributed by atoms with Gasteiger partial charge in [-0.2, -0.15) is 18.3 Å². The number of carbonyl (C=O) groups excluding carboxylic acids is 2. The minimum absolute atomic E-state index is 0. The summed E-state index contributed by atoms with van der Waals surface area (Å²) in [5.74, 6) is 7.05. The molecule has 0 atom stereocenters. The molecule has 0 N–H and O–H groups in total. The van der Waals surface area contributed by atoms with Crippen molar-refractivity contribution >= 4 is 53.0 Å². The normalized spacial score (nSPS) is 10.5. The number of nitrogens with zero attached hydrogens (tertiary/aromatic N) is 7. The van der Waals surface area contributed by atoms with Gasteiger partial charge in [0.1, 0.15) is 17.2 Å². The fourth-order valence-corrected chi connectivity index (χ4v) is 8.93. The Kier molecular flexibility index (Phi) is 25.3. The number of halogens is 3. The zero-order chi connectivity index (χ0) is 50.0. The van der Waals surface area contributed by atoms with Gasteiger partial charge in [-0.25, -0.2) is 4.98 Å². The number of thiocarbonyl (C=S) groups is 1. The van der Waals surface area contributed by atoms with Crippen molar-refractivity contribution in [2.75, 3.05) is 0 Å². The van der Waals surface area contributed by atoms with Gasteiger partial charge in [0.15, 0.2) is 0 Å². The molecule has 0 aliphatic rings. The molecule has 0 saturated carbocycles. The maximum Gasteiger partial charge on any atom is 2.00 e. The summed E-state index contributed by atoms with van der Waals surface area (Å²) < 4.78 is 48.4. The maximum absolute atomic E-state index is 12.8. The van der Waals surface area contributed by atoms with Crippen molar-refractivity contribution < 1.29 is 51.7 Å². The van der Waals surface area contributed by atoms with Gasteiger partial charge in [-0.3, -0.25) is 24.5 Å². The molecule has 71 heavy (non-hydrogen) atoms. The van der Waals surface area contributed by atoms with E-state index in [-0.39, 0.29) is 30.9 Å². The molecule has 0 bridgehead atoms. The molecule has 7 rings (SSSR count). The number of alkyl halides is 3. The number of pyridine rings is 4. The molecule has 18 heteroatoms. The van der Waals surface area contributed by atoms with Gasteiger partial charge < -0.3 is 25.1 Å². The molecule has 0 saturated heterocycles. The third-order valence-electron chi connectivity index (χ3n) is 10.6. The van der Waals surface area contributed by atoms with Gasteiger partial charge in [-0.05, 0) is 102 Å². The molecule has 0 unspecified atom stereocenters. The molecule has 7 aromatic rings. The average Bonchev–Trinajstić information content (AvgIpc) is 4.17. The van der Waals surface area contributed by atoms with E-state index >= 15 is 0 Å². The van der Waals surface area contributed by atoms with Crippen LogP contribution in [-0.2, 0) is 48.1 Å². The molecule has 11 nitrogen and oxygen atoms in total. The van der Waals surface area contributed by atoms with Crippen molar-refractivity contribution in [1.82, 2.24) is 30.1 Å². The second-order valence-corrected chi connectivity index (χ2v) is 17.8. The standard InChI is InChI=1S/C29H25N3O4S.C23H27F3N3S.CNS.Ru/c1-2-3-4-5-6-22-13-25(37-18-22)8-7-21-9-11-30-26(14-21)28-16-24(36-20-34)17-29(32-28)27-15-23(35-19-33)10-12-31-27;1-2-3-4-5-6-7-8-9-10-17-12-14-30-22(17)18-11-13-27-19(15-18)20-16-21(29-28-20)23(24,25)26;2-1-3;/h9-20H,2-6H2,1H3;11-16H,2-10H2,1H3;;/q;2*-1;+2. The van der Waals surface area contributed by atoms with Crippen LogP contribution in [0.5, 0.6) is 11.5 Å². The molecule has 0 fully saturated rings. The predicted molar refractivity (Wildman–Crippen MR) is 274 cm³/mol. The summed E-state index contributed by atoms with van der Waals surface area (Å²) in [6.07, 6.45) is 17.6. The zero-order valence-electron chi connectivity index (χ0n) is 39.3. The summed E-state index contributed by atoms with van der Waals surface area (Å²) in [4.78, 5) is 41.5. The molecule has 0 aliphatic heterocycles. The van der Waals surface area contributed by atoms with Gasteiger partial charge >= 0.3 is 25.7 Å². The summed E-state index contributed by atoms with van der Waals surface area (Å²) in [5.41, 5.74) is 5.83. The Hall–Kier alpha value is -6.08. The summed E-state index contributed by atoms with van der Waals surface area (Å²) in [7, 11) is 0. The first kappa shape index (κ1) is 57.5. The van der Waals surface area contributed by atoms with E-state index in [1.807, 2.05) is 18.2 Å². The van der Waals surface area contributed by atoms with E-state index in [0.29, 0.717) is 47.2 Å². The fourth-order valence-electron chi connectivity index (χ4n) is 7.19. The van der Waals surface area contributed by atoms with Crippen molar-refractivity contribution in [3.05, 3.63) is 129 Å². The van der Waals surface area contributed by atoms with Gasteiger partial charge in [0.05, 0.1) is 33.3 Å². The van der Waals surface area contributed by atoms with E-state index < -0.39 is 11.9 Å². The molecule has 370 valence electrons. The second-order valence-electron chi connectivity index (χ2n) is 15.8. The van der Waals surface area contributed by atoms with Crippen LogP contribution in [0.25, 0.3) is 50.0 Å². The monoisotopic (exact) mass is 1110 g/mol. The molecule has 0 amide bonds. The number of hydrogen-bond acceptors (Lipinski definition) is 12. The van der Waals surface area contributed by atoms with Crippen LogP contribution in [-0.4, -0.2) is 43.1 Å². The van der Waals surface area contributed by atoms with Gasteiger partial charge in [-0.1, -0.05) is 108 Å². The van der Waals surface area contributed by atoms with Gasteiger partial charge in [0.2, 0.25) is 0 Å². The Morgan fingerprint density at radius 2 is 1.28 bits per heavy atom. The molecule has 0 radical (unpaired) electrons. The minimum atomic E-state index is -4.50. The number of isothiocyanates is 1. The van der Waals surface area contributed by atoms with Crippen molar-refractivity contribution in [2.24, 2.45) is 0 Å². The average molecular weight is 1110 g/mol. The molecule has 0 aliphatic carbocycles. The van der Waals surface area contributed by atoms with Crippen LogP contribution in [0.3, 0.4) is 0 Å². The third kappa shape index (κ3) is 19.2. The van der Waals surface area contributed by atoms with Crippen LogP contribution in [0.4, 0.5) is 13.2 Å². The first-order chi connectivity index (χ1) is 34.1. The Balaban J connectivity index is 0.000000294. The Labute approximate surface area is 438 Å². The SMILES string of the molecule is CCCCCCCCCCc1ccsc1-c1ccnc(-c2cc(C(F)(F)F)n[n-]2)c1.CCCCCCc1csc(C#Cc2ccnc(-c3cc(OC=O)cc(-c4cc(OC=O)ccn4)n3)c2)c1.[N-]=C=S.[Ru+2]. The van der Waals surface area contributed by atoms with E-state index in [0.717, 1.165) is 46.2 Å². The van der Waals surface area contributed by atoms with Crippen LogP contribution in [0.2, 0.25) is 0 Å². The number of rotatable bonds is 22. The van der Waals surface area contributed by atoms with Crippen molar-refractivity contribution in [3.63, 3.8) is 0 Å². The summed E-state index contributed by atoms with van der Waals surface area (Å²) in [6.45, 7) is 5.13. The first-order valence-electron chi connectivity index (χ1n) is 23.0. The van der Waals surface area contributed by atoms with Crippen LogP contribution in [0.1, 0.15) is 118 Å². The number of carbonyl (C=O) groups is 2. The van der Waals surface area contributed by atoms with E-state index in [9.17, 15) is 22.8 Å². The quantitative estimate of drug-likeness (QED) is 0.0159. The van der Waals surface area contributed by atoms with E-state index in [2.05, 4.69) is 90.9 Å². The third-order valence-corrected chi connectivity index (χ3v) is 12.5. The molecule has 7 heterocycles. The molecule has 0 aromatic carbocycles. The Bertz CT molecular complexity index is 2830. The smallest absolute Gasteiger partial charge is 0.753 e. The second kappa shape index (κ2) is 31.3. The maximum atomic E-state index is 12.8. The summed E-state index contributed by atoms with van der Waals surface area (Å²) >= 11 is 7.00. The topological polar surface area (TPSA) is 153 Å². The minimum Gasteiger partial charge on any atom is -0.753 e. The van der Waals surface area contributed by atoms with E-state index in [1.54, 1.807) is 65.4 Å². The summed E-state index contributed by atoms with van der Waals surface area (Å²) in [6, 6.07) is 18.9. The molecular weight excluding hydrogens is 1050 g/mol. The number of ether oxygens (including phenoxy) is 2. The van der Waals surface area contributed by atoms with E-state index in [4.69, 9.17) is 14.9 Å². The van der Waals surface area contributed by atoms with Crippen LogP contribution in [0.15, 0.2) is 96.1 Å². The number of aryl methyl sites for hydroxylation is 2. The number of unbranched alkanes of at least 4 members (excludes halogenated alkanes) is 10. The molecular formula is C53H52F3N7O4RuS3. The van der Waals surface area contributed by atoms with Crippen molar-refractivity contribution in [2.45, 2.75) is 110 Å². The van der Waals surface area contributed by atoms with Crippen LogP contribution < -0.4 is 14.6 Å². The summed E-state index contributed by atoms with van der Waals surface area (Å²) in [5, 5.41) is 19.6. The van der Waals surface area contributed by atoms with Gasteiger partial charge in [0.25, 0.3) is 12.9 Å². The van der Waals surface area contributed by atoms with Crippen molar-refractivity contribution in [3.8, 4) is 67.9 Å². The molecule has 0 spiro atoms. The Morgan fingerprint density at radius 3 is 1.96 bits per heavy atom. The van der Waals surface area contributed by atoms with Gasteiger partial charge in [0, 0.05) is 47.2 Å².